The second-order valence-electron chi connectivity index (χ2n) is 5.00. The van der Waals surface area contributed by atoms with Gasteiger partial charge in [0, 0.05) is 6.20 Å². The van der Waals surface area contributed by atoms with Crippen LogP contribution < -0.4 is 11.5 Å². The van der Waals surface area contributed by atoms with Crippen LogP contribution >= 0.6 is 11.8 Å². The maximum absolute atomic E-state index is 11.6. The molecule has 10 heteroatoms. The van der Waals surface area contributed by atoms with E-state index in [1.54, 1.807) is 0 Å². The molecule has 3 heterocycles. The van der Waals surface area contributed by atoms with Crippen molar-refractivity contribution in [3.8, 4) is 0 Å². The Bertz CT molecular complexity index is 736. The summed E-state index contributed by atoms with van der Waals surface area (Å²) in [4.78, 5) is 19.5. The van der Waals surface area contributed by atoms with Gasteiger partial charge < -0.3 is 31.4 Å². The van der Waals surface area contributed by atoms with Gasteiger partial charge in [-0.2, -0.15) is 0 Å². The summed E-state index contributed by atoms with van der Waals surface area (Å²) in [6, 6.07) is 0. The third-order valence-electron chi connectivity index (χ3n) is 3.70. The molecule has 3 rings (SSSR count). The Labute approximate surface area is 129 Å². The van der Waals surface area contributed by atoms with Gasteiger partial charge >= 0.3 is 0 Å². The highest BCUT2D eigenvalue weighted by Crippen LogP contribution is 2.43. The van der Waals surface area contributed by atoms with Crippen LogP contribution in [0.25, 0.3) is 11.0 Å². The number of thioether (sulfide) groups is 1. The average Bonchev–Trinajstić information content (AvgIpc) is 3.00. The molecule has 0 bridgehead atoms. The van der Waals surface area contributed by atoms with E-state index in [0.29, 0.717) is 11.0 Å². The Balaban J connectivity index is 2.16. The Kier molecular flexibility index (Phi) is 3.68. The second kappa shape index (κ2) is 5.39. The summed E-state index contributed by atoms with van der Waals surface area (Å²) in [5.74, 6) is -0.587. The van der Waals surface area contributed by atoms with Crippen molar-refractivity contribution in [1.82, 2.24) is 14.5 Å². The van der Waals surface area contributed by atoms with Gasteiger partial charge in [0.25, 0.3) is 5.91 Å². The Morgan fingerprint density at radius 3 is 2.68 bits per heavy atom. The van der Waals surface area contributed by atoms with Crippen LogP contribution in [0.1, 0.15) is 15.7 Å². The third kappa shape index (κ3) is 2.11. The smallest absolute Gasteiger partial charge is 0.251 e. The van der Waals surface area contributed by atoms with Crippen molar-refractivity contribution >= 4 is 34.5 Å². The molecule has 9 nitrogen and oxygen atoms in total. The van der Waals surface area contributed by atoms with E-state index < -0.39 is 28.7 Å². The molecular formula is C12H15N5O4S. The van der Waals surface area contributed by atoms with Crippen molar-refractivity contribution in [3.63, 3.8) is 0 Å². The third-order valence-corrected chi connectivity index (χ3v) is 5.26. The number of rotatable bonds is 3. The van der Waals surface area contributed by atoms with E-state index in [2.05, 4.69) is 9.97 Å². The summed E-state index contributed by atoms with van der Waals surface area (Å²) in [6.07, 6.45) is 0.458. The molecule has 4 atom stereocenters. The predicted molar refractivity (Wildman–Crippen MR) is 80.0 cm³/mol. The van der Waals surface area contributed by atoms with E-state index in [1.807, 2.05) is 0 Å². The van der Waals surface area contributed by atoms with E-state index in [0.717, 1.165) is 0 Å². The molecule has 0 unspecified atom stereocenters. The van der Waals surface area contributed by atoms with Gasteiger partial charge in [0.15, 0.2) is 0 Å². The molecule has 0 aromatic carbocycles. The lowest BCUT2D eigenvalue weighted by atomic mass is 10.1. The molecule has 0 saturated carbocycles. The topological polar surface area (TPSA) is 161 Å². The molecule has 1 saturated heterocycles. The van der Waals surface area contributed by atoms with Crippen LogP contribution in [0.4, 0.5) is 5.82 Å². The van der Waals surface area contributed by atoms with Crippen LogP contribution in [0.3, 0.4) is 0 Å². The highest BCUT2D eigenvalue weighted by Gasteiger charge is 2.43. The van der Waals surface area contributed by atoms with Crippen LogP contribution in [-0.4, -0.2) is 59.8 Å². The van der Waals surface area contributed by atoms with E-state index in [-0.39, 0.29) is 18.0 Å². The van der Waals surface area contributed by atoms with E-state index in [4.69, 9.17) is 11.5 Å². The molecule has 0 spiro atoms. The molecule has 2 aromatic heterocycles. The number of aromatic nitrogens is 3. The summed E-state index contributed by atoms with van der Waals surface area (Å²) in [7, 11) is 0. The highest BCUT2D eigenvalue weighted by atomic mass is 32.2. The second-order valence-corrected chi connectivity index (χ2v) is 6.36. The molecular weight excluding hydrogens is 310 g/mol. The number of nitrogen functional groups attached to an aromatic ring is 1. The van der Waals surface area contributed by atoms with Crippen LogP contribution in [0.15, 0.2) is 12.5 Å². The number of amides is 1. The average molecular weight is 325 g/mol. The fourth-order valence-electron chi connectivity index (χ4n) is 2.60. The first kappa shape index (κ1) is 15.0. The minimum atomic E-state index is -1.13. The number of hydrogen-bond donors (Lipinski definition) is 5. The van der Waals surface area contributed by atoms with Crippen molar-refractivity contribution in [3.05, 3.63) is 18.1 Å². The van der Waals surface area contributed by atoms with Gasteiger partial charge in [0.05, 0.1) is 28.9 Å². The minimum Gasteiger partial charge on any atom is -0.395 e. The van der Waals surface area contributed by atoms with Crippen LogP contribution in [0.2, 0.25) is 0 Å². The van der Waals surface area contributed by atoms with Gasteiger partial charge in [0.1, 0.15) is 29.3 Å². The summed E-state index contributed by atoms with van der Waals surface area (Å²) in [6.45, 7) is -0.279. The normalized spacial score (nSPS) is 28.3. The number of primary amides is 1. The fourth-order valence-corrected chi connectivity index (χ4v) is 3.98. The number of nitrogens with zero attached hydrogens (tertiary/aromatic N) is 3. The van der Waals surface area contributed by atoms with E-state index >= 15 is 0 Å². The monoisotopic (exact) mass is 325 g/mol. The summed E-state index contributed by atoms with van der Waals surface area (Å²) < 4.78 is 1.53. The maximum Gasteiger partial charge on any atom is 0.251 e. The van der Waals surface area contributed by atoms with Gasteiger partial charge in [-0.05, 0) is 0 Å². The zero-order valence-electron chi connectivity index (χ0n) is 11.3. The fraction of sp³-hybridized carbons (Fsp3) is 0.417. The van der Waals surface area contributed by atoms with Crippen molar-refractivity contribution in [1.29, 1.82) is 0 Å². The lowest BCUT2D eigenvalue weighted by Crippen LogP contribution is -2.32. The highest BCUT2D eigenvalue weighted by molar-refractivity contribution is 8.00. The molecule has 7 N–H and O–H groups in total. The SMILES string of the molecule is NC(=O)c1cn([C@@H]2S[C@H](CO)[C@@H](O)[C@H]2O)c2ncnc(N)c12. The van der Waals surface area contributed by atoms with E-state index in [9.17, 15) is 20.1 Å². The first-order valence-electron chi connectivity index (χ1n) is 6.49. The van der Waals surface area contributed by atoms with E-state index in [1.165, 1.54) is 28.9 Å². The zero-order valence-corrected chi connectivity index (χ0v) is 12.1. The van der Waals surface area contributed by atoms with Crippen molar-refractivity contribution in [2.45, 2.75) is 22.8 Å². The molecule has 2 aromatic rings. The first-order valence-corrected chi connectivity index (χ1v) is 7.43. The number of anilines is 1. The molecule has 1 amide bonds. The Hall–Kier alpha value is -1.88. The molecule has 1 aliphatic rings. The summed E-state index contributed by atoms with van der Waals surface area (Å²) in [5.41, 5.74) is 11.6. The number of fused-ring (bicyclic) bond motifs is 1. The predicted octanol–water partition coefficient (Wildman–Crippen LogP) is -1.56. The van der Waals surface area contributed by atoms with Gasteiger partial charge in [0.2, 0.25) is 0 Å². The van der Waals surface area contributed by atoms with Gasteiger partial charge in [-0.25, -0.2) is 9.97 Å². The molecule has 118 valence electrons. The largest absolute Gasteiger partial charge is 0.395 e. The van der Waals surface area contributed by atoms with Crippen molar-refractivity contribution < 1.29 is 20.1 Å². The lowest BCUT2D eigenvalue weighted by molar-refractivity contribution is 0.0113. The molecule has 1 aliphatic heterocycles. The van der Waals surface area contributed by atoms with Crippen LogP contribution in [-0.2, 0) is 0 Å². The summed E-state index contributed by atoms with van der Waals surface area (Å²) in [5, 5.41) is 28.5. The number of aliphatic hydroxyl groups is 3. The first-order chi connectivity index (χ1) is 10.5. The van der Waals surface area contributed by atoms with Crippen molar-refractivity contribution in [2.75, 3.05) is 12.3 Å². The quantitative estimate of drug-likeness (QED) is 0.453. The zero-order chi connectivity index (χ0) is 16.0. The number of hydrogen-bond acceptors (Lipinski definition) is 8. The van der Waals surface area contributed by atoms with Gasteiger partial charge in [-0.15, -0.1) is 11.8 Å². The number of carbonyl (C=O) groups is 1. The maximum atomic E-state index is 11.6. The number of carbonyl (C=O) groups excluding carboxylic acids is 1. The molecule has 0 aliphatic carbocycles. The lowest BCUT2D eigenvalue weighted by Gasteiger charge is -2.17. The Morgan fingerprint density at radius 1 is 1.36 bits per heavy atom. The molecule has 22 heavy (non-hydrogen) atoms. The number of nitrogens with two attached hydrogens (primary N) is 2. The molecule has 1 fully saturated rings. The molecule has 0 radical (unpaired) electrons. The summed E-state index contributed by atoms with van der Waals surface area (Å²) >= 11 is 1.19. The van der Waals surface area contributed by atoms with Gasteiger partial charge in [-0.3, -0.25) is 4.79 Å². The van der Waals surface area contributed by atoms with Crippen LogP contribution in [0, 0.1) is 0 Å². The minimum absolute atomic E-state index is 0.106. The Morgan fingerprint density at radius 2 is 2.09 bits per heavy atom. The van der Waals surface area contributed by atoms with Crippen LogP contribution in [0.5, 0.6) is 0 Å². The number of aliphatic hydroxyl groups excluding tert-OH is 3. The standard InChI is InChI=1S/C12H15N5O4S/c13-9-6-4(10(14)21)1-17(11(6)16-3-15-9)12-8(20)7(19)5(2-18)22-12/h1,3,5,7-8,12,18-20H,2H2,(H2,14,21)(H2,13,15,16)/t5-,7-,8-,12-/m1/s1. The van der Waals surface area contributed by atoms with Gasteiger partial charge in [-0.1, -0.05) is 0 Å². The van der Waals surface area contributed by atoms with Crippen molar-refractivity contribution in [2.24, 2.45) is 5.73 Å².